The summed E-state index contributed by atoms with van der Waals surface area (Å²) in [6.07, 6.45) is 19.6. The van der Waals surface area contributed by atoms with Crippen molar-refractivity contribution in [2.75, 3.05) is 89.6 Å². The van der Waals surface area contributed by atoms with E-state index in [1.807, 2.05) is 13.8 Å². The van der Waals surface area contributed by atoms with E-state index in [0.717, 1.165) is 71.3 Å². The van der Waals surface area contributed by atoms with Gasteiger partial charge < -0.3 is 63.0 Å². The summed E-state index contributed by atoms with van der Waals surface area (Å²) in [6, 6.07) is 4.11. The molecule has 0 radical (unpaired) electrons. The number of nitrogens with one attached hydrogen (secondary N) is 2. The minimum absolute atomic E-state index is 0.0702. The second-order valence-electron chi connectivity index (χ2n) is 31.7. The number of nitrogens with zero attached hydrogens (tertiary/aromatic N) is 1. The van der Waals surface area contributed by atoms with E-state index in [2.05, 4.69) is 210 Å². The molecule has 2 amide bonds. The Morgan fingerprint density at radius 1 is 0.559 bits per heavy atom. The Bertz CT molecular complexity index is 1750. The van der Waals surface area contributed by atoms with Crippen LogP contribution in [0.3, 0.4) is 0 Å². The van der Waals surface area contributed by atoms with Crippen LogP contribution in [0, 0.1) is 0 Å². The SMILES string of the molecule is CC.CCCC(CCCOCC1CO1)O[Si](C)(C)C.COC(=O)CS.C[Si](C)(C)CCCC(CCCN(CNC(=O)CS)C(=O)CS)O[Si](C)(C)C.C[Si](C)(C)CCCC(CCCNCN)O[Si](C)(C)C.C[Si](C)(C)CCCC(CCCOCC(O)CS)O[Si](C)(C)C. The van der Waals surface area contributed by atoms with E-state index in [0.29, 0.717) is 56.6 Å². The molecule has 6 atom stereocenters. The summed E-state index contributed by atoms with van der Waals surface area (Å²) in [5.74, 6) is 0.335. The maximum atomic E-state index is 12.1. The first-order chi connectivity index (χ1) is 42.9. The maximum Gasteiger partial charge on any atom is 0.315 e. The number of hydrogen-bond acceptors (Lipinski definition) is 18. The van der Waals surface area contributed by atoms with E-state index >= 15 is 0 Å². The number of aliphatic hydroxyl groups is 1. The molecule has 0 aromatic rings. The lowest BCUT2D eigenvalue weighted by Crippen LogP contribution is -2.43. The fourth-order valence-corrected chi connectivity index (χ4v) is 18.5. The van der Waals surface area contributed by atoms with Crippen molar-refractivity contribution in [1.82, 2.24) is 15.5 Å². The predicted molar refractivity (Wildman–Crippen MR) is 435 cm³/mol. The number of thiol groups is 4. The lowest BCUT2D eigenvalue weighted by Gasteiger charge is -2.29. The molecule has 1 aliphatic heterocycles. The Labute approximate surface area is 604 Å². The van der Waals surface area contributed by atoms with Crippen molar-refractivity contribution in [3.63, 3.8) is 0 Å². The van der Waals surface area contributed by atoms with Gasteiger partial charge in [-0.25, -0.2) is 0 Å². The van der Waals surface area contributed by atoms with Crippen LogP contribution in [0.2, 0.25) is 156 Å². The Balaban J connectivity index is -0.000000359. The van der Waals surface area contributed by atoms with Crippen LogP contribution >= 0.6 is 50.5 Å². The van der Waals surface area contributed by atoms with Gasteiger partial charge in [-0.15, -0.1) is 0 Å². The lowest BCUT2D eigenvalue weighted by atomic mass is 10.1. The number of methoxy groups -OCH3 is 1. The minimum Gasteiger partial charge on any atom is -0.468 e. The Morgan fingerprint density at radius 3 is 1.25 bits per heavy atom. The molecular weight excluding hydrogens is 1370 g/mol. The summed E-state index contributed by atoms with van der Waals surface area (Å²) in [7, 11) is -7.45. The zero-order valence-electron chi connectivity index (χ0n) is 64.8. The fraction of sp³-hybridized carbons (Fsp3) is 0.955. The molecule has 1 heterocycles. The first kappa shape index (κ1) is 103. The van der Waals surface area contributed by atoms with Crippen molar-refractivity contribution in [3.05, 3.63) is 0 Å². The van der Waals surface area contributed by atoms with Crippen molar-refractivity contribution in [2.24, 2.45) is 5.73 Å². The van der Waals surface area contributed by atoms with Crippen LogP contribution in [-0.4, -0.2) is 211 Å². The molecule has 5 N–H and O–H groups in total. The van der Waals surface area contributed by atoms with Crippen molar-refractivity contribution in [1.29, 1.82) is 0 Å². The van der Waals surface area contributed by atoms with Crippen molar-refractivity contribution < 1.29 is 56.1 Å². The molecule has 0 aliphatic carbocycles. The van der Waals surface area contributed by atoms with E-state index < -0.39 is 63.6 Å². The minimum atomic E-state index is -1.60. The highest BCUT2D eigenvalue weighted by Crippen LogP contribution is 2.24. The Hall–Kier alpha value is 0.928. The summed E-state index contributed by atoms with van der Waals surface area (Å²) in [6.45, 7) is 61.2. The Morgan fingerprint density at radius 2 is 0.935 bits per heavy atom. The van der Waals surface area contributed by atoms with E-state index in [1.54, 1.807) is 4.90 Å². The highest BCUT2D eigenvalue weighted by Gasteiger charge is 2.27. The van der Waals surface area contributed by atoms with Crippen LogP contribution in [-0.2, 0) is 51.0 Å². The van der Waals surface area contributed by atoms with E-state index in [-0.39, 0.29) is 47.8 Å². The molecule has 1 fully saturated rings. The molecule has 1 rings (SSSR count). The highest BCUT2D eigenvalue weighted by molar-refractivity contribution is 7.81. The number of hydrogen-bond donors (Lipinski definition) is 8. The van der Waals surface area contributed by atoms with E-state index in [9.17, 15) is 19.5 Å². The number of rotatable bonds is 49. The van der Waals surface area contributed by atoms with Gasteiger partial charge in [-0.3, -0.25) is 14.4 Å². The van der Waals surface area contributed by atoms with Crippen molar-refractivity contribution in [3.8, 4) is 0 Å². The molecule has 93 heavy (non-hydrogen) atoms. The summed E-state index contributed by atoms with van der Waals surface area (Å²) < 4.78 is 45.6. The normalized spacial score (nSPS) is 15.1. The van der Waals surface area contributed by atoms with Crippen molar-refractivity contribution in [2.45, 2.75) is 316 Å². The molecule has 6 unspecified atom stereocenters. The van der Waals surface area contributed by atoms with Gasteiger partial charge >= 0.3 is 5.97 Å². The second kappa shape index (κ2) is 59.5. The average Bonchev–Trinajstić information content (AvgIpc) is 1.95. The second-order valence-corrected chi connectivity index (χ2v) is 67.8. The molecule has 16 nitrogen and oxygen atoms in total. The van der Waals surface area contributed by atoms with Gasteiger partial charge in [-0.2, -0.15) is 50.5 Å². The molecule has 1 aliphatic rings. The first-order valence-corrected chi connectivity index (χ1v) is 62.8. The zero-order valence-corrected chi connectivity index (χ0v) is 75.4. The van der Waals surface area contributed by atoms with Crippen LogP contribution in [0.1, 0.15) is 124 Å². The smallest absolute Gasteiger partial charge is 0.315 e. The van der Waals surface area contributed by atoms with Crippen LogP contribution in [0.25, 0.3) is 0 Å². The van der Waals surface area contributed by atoms with Crippen LogP contribution in [0.15, 0.2) is 0 Å². The van der Waals surface area contributed by atoms with Gasteiger partial charge in [0.1, 0.15) is 6.10 Å². The van der Waals surface area contributed by atoms with Crippen molar-refractivity contribution >= 4 is 126 Å². The number of ether oxygens (including phenoxy) is 4. The number of aliphatic hydroxyl groups excluding tert-OH is 1. The molecule has 0 aromatic heterocycles. The predicted octanol–water partition coefficient (Wildman–Crippen LogP) is 16.2. The van der Waals surface area contributed by atoms with Crippen LogP contribution in [0.5, 0.6) is 0 Å². The number of esters is 1. The summed E-state index contributed by atoms with van der Waals surface area (Å²) >= 11 is 15.7. The monoisotopic (exact) mass is 1520 g/mol. The van der Waals surface area contributed by atoms with Gasteiger partial charge in [0.05, 0.1) is 57.0 Å². The van der Waals surface area contributed by atoms with Gasteiger partial charge in [-0.05, 0) is 162 Å². The van der Waals surface area contributed by atoms with Gasteiger partial charge in [0.2, 0.25) is 11.8 Å². The molecule has 0 aromatic carbocycles. The van der Waals surface area contributed by atoms with Gasteiger partial charge in [0.25, 0.3) is 0 Å². The molecule has 562 valence electrons. The van der Waals surface area contributed by atoms with Gasteiger partial charge in [-0.1, -0.05) is 124 Å². The third-order valence-electron chi connectivity index (χ3n) is 13.3. The topological polar surface area (TPSA) is 202 Å². The van der Waals surface area contributed by atoms with Gasteiger partial charge in [0.15, 0.2) is 33.3 Å². The molecule has 1 saturated heterocycles. The summed E-state index contributed by atoms with van der Waals surface area (Å²) in [4.78, 5) is 35.0. The number of carbonyl (C=O) groups is 3. The van der Waals surface area contributed by atoms with E-state index in [1.165, 1.54) is 83.0 Å². The zero-order chi connectivity index (χ0) is 73.0. The molecule has 27 heteroatoms. The van der Waals surface area contributed by atoms with E-state index in [4.69, 9.17) is 37.6 Å². The molecular formula is C66H154N4O12S4Si7. The molecule has 0 bridgehead atoms. The highest BCUT2D eigenvalue weighted by atomic mass is 32.1. The number of nitrogens with two attached hydrogens (primary N) is 1. The summed E-state index contributed by atoms with van der Waals surface area (Å²) in [5.41, 5.74) is 5.44. The quantitative estimate of drug-likeness (QED) is 0.00714. The van der Waals surface area contributed by atoms with Crippen LogP contribution in [0.4, 0.5) is 0 Å². The van der Waals surface area contributed by atoms with Gasteiger partial charge in [0, 0.05) is 80.8 Å². The Kier molecular flexibility index (Phi) is 65.6. The molecule has 0 spiro atoms. The maximum absolute atomic E-state index is 12.1. The fourth-order valence-electron chi connectivity index (χ4n) is 9.19. The largest absolute Gasteiger partial charge is 0.468 e. The number of carbonyl (C=O) groups excluding carboxylic acids is 3. The standard InChI is InChI=1S/C18H40N2O3S2Si2.C16H38O3SSi2.C14H36N2OSi2.C13H28O3Si.C3H6O2S.C2H6/c1-26(2,3)12-8-10-16(23-27(4,5)6)9-7-11-20(18(22)14-25)15-19-17(21)13-24;1-21(2,3)12-8-10-16(19-22(4,5)6)9-7-11-18-13-15(17)14-20;1-18(2,3)12-8-10-14(17-19(4,5)6)9-7-11-16-13-15;1-5-7-12(16-17(2,3)4)8-6-9-14-10-13-11-15-13;1-5-3(4)2-6;1-2/h16,24-25H,7-15H2,1-6H3,(H,19,21);15-17,20H,7-14H2,1-6H3;14,16H,7-13,15H2,1-6H3;12-13H,5-11H2,1-4H3;6H,2H2,1H3;1-2H3. The average molecular weight is 1520 g/mol. The van der Waals surface area contributed by atoms with Crippen LogP contribution < -0.4 is 16.4 Å². The lowest BCUT2D eigenvalue weighted by molar-refractivity contribution is -0.137. The molecule has 0 saturated carbocycles. The summed E-state index contributed by atoms with van der Waals surface area (Å²) in [5, 5.41) is 15.3. The number of epoxide rings is 1. The third kappa shape index (κ3) is 85.3. The third-order valence-corrected chi connectivity index (χ3v) is 24.3. The number of amides is 2. The first-order valence-electron chi connectivity index (χ1n) is 35.5.